The molecule has 148 valence electrons. The van der Waals surface area contributed by atoms with Crippen LogP contribution in [0.2, 0.25) is 5.15 Å². The lowest BCUT2D eigenvalue weighted by Gasteiger charge is -2.15. The SMILES string of the molecule is C[C@H](OC(=O)/C=C/c1c(Cl)nc2ccccn12)C(=O)NCCC1=CCCCC1. The van der Waals surface area contributed by atoms with Crippen molar-refractivity contribution in [3.63, 3.8) is 0 Å². The first-order chi connectivity index (χ1) is 13.5. The molecule has 2 heterocycles. The molecular formula is C21H24ClN3O3. The summed E-state index contributed by atoms with van der Waals surface area (Å²) in [5.74, 6) is -0.911. The molecule has 2 aromatic heterocycles. The Balaban J connectivity index is 1.49. The predicted octanol–water partition coefficient (Wildman–Crippen LogP) is 3.94. The molecule has 0 radical (unpaired) electrons. The van der Waals surface area contributed by atoms with Gasteiger partial charge in [0, 0.05) is 18.8 Å². The molecule has 0 bridgehead atoms. The van der Waals surface area contributed by atoms with Gasteiger partial charge in [-0.2, -0.15) is 0 Å². The lowest BCUT2D eigenvalue weighted by molar-refractivity contribution is -0.150. The van der Waals surface area contributed by atoms with E-state index in [2.05, 4.69) is 16.4 Å². The number of ether oxygens (including phenoxy) is 1. The number of nitrogens with zero attached hydrogens (tertiary/aromatic N) is 2. The molecule has 1 atom stereocenters. The highest BCUT2D eigenvalue weighted by Crippen LogP contribution is 2.20. The topological polar surface area (TPSA) is 72.7 Å². The van der Waals surface area contributed by atoms with E-state index in [0.29, 0.717) is 17.9 Å². The standard InChI is InChI=1S/C21H24ClN3O3/c1-15(21(27)23-13-12-16-7-3-2-4-8-16)28-19(26)11-10-17-20(22)24-18-9-5-6-14-25(17)18/h5-7,9-11,14-15H,2-4,8,12-13H2,1H3,(H,23,27)/b11-10+/t15-/m0/s1. The Bertz CT molecular complexity index is 917. The van der Waals surface area contributed by atoms with E-state index in [1.807, 2.05) is 18.2 Å². The van der Waals surface area contributed by atoms with Gasteiger partial charge in [-0.25, -0.2) is 9.78 Å². The second-order valence-electron chi connectivity index (χ2n) is 6.78. The van der Waals surface area contributed by atoms with Crippen molar-refractivity contribution in [1.82, 2.24) is 14.7 Å². The Morgan fingerprint density at radius 2 is 2.25 bits per heavy atom. The highest BCUT2D eigenvalue weighted by atomic mass is 35.5. The Kier molecular flexibility index (Phi) is 6.87. The molecule has 0 saturated carbocycles. The number of esters is 1. The van der Waals surface area contributed by atoms with Crippen LogP contribution in [0.25, 0.3) is 11.7 Å². The van der Waals surface area contributed by atoms with Crippen LogP contribution in [-0.4, -0.2) is 33.9 Å². The van der Waals surface area contributed by atoms with Crippen molar-refractivity contribution >= 4 is 35.2 Å². The van der Waals surface area contributed by atoms with E-state index >= 15 is 0 Å². The van der Waals surface area contributed by atoms with Crippen LogP contribution in [0.15, 0.2) is 42.1 Å². The molecule has 0 unspecified atom stereocenters. The largest absolute Gasteiger partial charge is 0.449 e. The quantitative estimate of drug-likeness (QED) is 0.433. The van der Waals surface area contributed by atoms with E-state index in [-0.39, 0.29) is 11.1 Å². The number of halogens is 1. The molecule has 1 aliphatic rings. The average molecular weight is 402 g/mol. The monoisotopic (exact) mass is 401 g/mol. The van der Waals surface area contributed by atoms with E-state index < -0.39 is 12.1 Å². The molecule has 28 heavy (non-hydrogen) atoms. The molecule has 0 saturated heterocycles. The van der Waals surface area contributed by atoms with E-state index in [0.717, 1.165) is 19.3 Å². The molecule has 0 fully saturated rings. The third-order valence-electron chi connectivity index (χ3n) is 4.69. The number of allylic oxidation sites excluding steroid dienone is 1. The lowest BCUT2D eigenvalue weighted by Crippen LogP contribution is -2.36. The van der Waals surface area contributed by atoms with Crippen LogP contribution in [0.1, 0.15) is 44.7 Å². The summed E-state index contributed by atoms with van der Waals surface area (Å²) in [6.45, 7) is 2.11. The summed E-state index contributed by atoms with van der Waals surface area (Å²) in [6, 6.07) is 5.51. The number of rotatable bonds is 7. The predicted molar refractivity (Wildman–Crippen MR) is 109 cm³/mol. The first-order valence-corrected chi connectivity index (χ1v) is 9.89. The summed E-state index contributed by atoms with van der Waals surface area (Å²) in [4.78, 5) is 28.4. The van der Waals surface area contributed by atoms with E-state index in [4.69, 9.17) is 16.3 Å². The number of nitrogens with one attached hydrogen (secondary N) is 1. The summed E-state index contributed by atoms with van der Waals surface area (Å²) >= 11 is 6.12. The molecule has 0 spiro atoms. The zero-order valence-corrected chi connectivity index (χ0v) is 16.6. The Hall–Kier alpha value is -2.60. The zero-order valence-electron chi connectivity index (χ0n) is 15.9. The van der Waals surface area contributed by atoms with Crippen molar-refractivity contribution in [3.8, 4) is 0 Å². The second kappa shape index (κ2) is 9.55. The molecule has 0 aromatic carbocycles. The highest BCUT2D eigenvalue weighted by Gasteiger charge is 2.16. The van der Waals surface area contributed by atoms with Gasteiger partial charge in [-0.05, 0) is 57.2 Å². The Morgan fingerprint density at radius 1 is 1.39 bits per heavy atom. The van der Waals surface area contributed by atoms with Crippen LogP contribution in [0, 0.1) is 0 Å². The van der Waals surface area contributed by atoms with Crippen LogP contribution in [0.4, 0.5) is 0 Å². The van der Waals surface area contributed by atoms with Crippen molar-refractivity contribution in [2.24, 2.45) is 0 Å². The Labute approximate surface area is 169 Å². The van der Waals surface area contributed by atoms with Crippen LogP contribution in [-0.2, 0) is 14.3 Å². The van der Waals surface area contributed by atoms with Crippen molar-refractivity contribution in [2.45, 2.75) is 45.1 Å². The van der Waals surface area contributed by atoms with Gasteiger partial charge in [0.15, 0.2) is 11.3 Å². The first-order valence-electron chi connectivity index (χ1n) is 9.51. The smallest absolute Gasteiger partial charge is 0.331 e. The van der Waals surface area contributed by atoms with Crippen molar-refractivity contribution in [1.29, 1.82) is 0 Å². The fourth-order valence-corrected chi connectivity index (χ4v) is 3.41. The van der Waals surface area contributed by atoms with Gasteiger partial charge in [-0.3, -0.25) is 9.20 Å². The van der Waals surface area contributed by atoms with Crippen LogP contribution in [0.5, 0.6) is 0 Å². The maximum absolute atomic E-state index is 12.1. The minimum atomic E-state index is -0.866. The minimum absolute atomic E-state index is 0.290. The summed E-state index contributed by atoms with van der Waals surface area (Å²) in [5, 5.41) is 3.11. The number of imidazole rings is 1. The van der Waals surface area contributed by atoms with Crippen LogP contribution >= 0.6 is 11.6 Å². The lowest BCUT2D eigenvalue weighted by atomic mass is 9.97. The van der Waals surface area contributed by atoms with Crippen LogP contribution in [0.3, 0.4) is 0 Å². The molecule has 6 nitrogen and oxygen atoms in total. The third-order valence-corrected chi connectivity index (χ3v) is 4.97. The minimum Gasteiger partial charge on any atom is -0.449 e. The maximum atomic E-state index is 12.1. The van der Waals surface area contributed by atoms with Crippen molar-refractivity contribution < 1.29 is 14.3 Å². The average Bonchev–Trinajstić information content (AvgIpc) is 3.02. The number of hydrogen-bond donors (Lipinski definition) is 1. The number of hydrogen-bond acceptors (Lipinski definition) is 4. The van der Waals surface area contributed by atoms with E-state index in [9.17, 15) is 9.59 Å². The molecule has 1 N–H and O–H groups in total. The summed E-state index contributed by atoms with van der Waals surface area (Å²) in [6.07, 6.45) is 11.5. The van der Waals surface area contributed by atoms with Gasteiger partial charge >= 0.3 is 5.97 Å². The molecule has 0 aliphatic heterocycles. The third kappa shape index (κ3) is 5.23. The zero-order chi connectivity index (χ0) is 19.9. The number of pyridine rings is 1. The normalized spacial score (nSPS) is 15.4. The van der Waals surface area contributed by atoms with Gasteiger partial charge in [-0.15, -0.1) is 0 Å². The van der Waals surface area contributed by atoms with Gasteiger partial charge in [0.05, 0.1) is 5.69 Å². The molecule has 1 aliphatic carbocycles. The number of aromatic nitrogens is 2. The molecule has 2 aromatic rings. The number of amides is 1. The van der Waals surface area contributed by atoms with E-state index in [1.165, 1.54) is 30.6 Å². The van der Waals surface area contributed by atoms with Gasteiger partial charge in [0.2, 0.25) is 0 Å². The number of carbonyl (C=O) groups excluding carboxylic acids is 2. The second-order valence-corrected chi connectivity index (χ2v) is 7.14. The molecule has 1 amide bonds. The Morgan fingerprint density at radius 3 is 3.04 bits per heavy atom. The fourth-order valence-electron chi connectivity index (χ4n) is 3.17. The van der Waals surface area contributed by atoms with Crippen molar-refractivity contribution in [2.75, 3.05) is 6.54 Å². The first kappa shape index (κ1) is 20.1. The maximum Gasteiger partial charge on any atom is 0.331 e. The number of carbonyl (C=O) groups is 2. The molecule has 7 heteroatoms. The van der Waals surface area contributed by atoms with Gasteiger partial charge in [0.1, 0.15) is 5.65 Å². The summed E-state index contributed by atoms with van der Waals surface area (Å²) in [5.41, 5.74) is 2.65. The number of fused-ring (bicyclic) bond motifs is 1. The molecular weight excluding hydrogens is 378 g/mol. The highest BCUT2D eigenvalue weighted by molar-refractivity contribution is 6.31. The van der Waals surface area contributed by atoms with Crippen LogP contribution < -0.4 is 5.32 Å². The fraction of sp³-hybridized carbons (Fsp3) is 0.381. The van der Waals surface area contributed by atoms with E-state index in [1.54, 1.807) is 17.5 Å². The van der Waals surface area contributed by atoms with Gasteiger partial charge < -0.3 is 10.1 Å². The van der Waals surface area contributed by atoms with Crippen molar-refractivity contribution in [3.05, 3.63) is 53.0 Å². The van der Waals surface area contributed by atoms with Gasteiger partial charge in [-0.1, -0.05) is 29.3 Å². The molecule has 3 rings (SSSR count). The summed E-state index contributed by atoms with van der Waals surface area (Å²) in [7, 11) is 0. The summed E-state index contributed by atoms with van der Waals surface area (Å²) < 4.78 is 6.95. The van der Waals surface area contributed by atoms with Gasteiger partial charge in [0.25, 0.3) is 5.91 Å².